The van der Waals surface area contributed by atoms with E-state index in [1.54, 1.807) is 37.3 Å². The molecule has 0 atom stereocenters. The van der Waals surface area contributed by atoms with Crippen molar-refractivity contribution in [2.45, 2.75) is 13.8 Å². The Morgan fingerprint density at radius 2 is 1.59 bits per heavy atom. The van der Waals surface area contributed by atoms with Crippen molar-refractivity contribution in [2.24, 2.45) is 0 Å². The van der Waals surface area contributed by atoms with Gasteiger partial charge >= 0.3 is 6.03 Å². The maximum absolute atomic E-state index is 13.3. The van der Waals surface area contributed by atoms with E-state index in [-0.39, 0.29) is 11.3 Å². The number of ether oxygens (including phenoxy) is 4. The number of benzene rings is 2. The van der Waals surface area contributed by atoms with Gasteiger partial charge in [-0.3, -0.25) is 14.9 Å². The van der Waals surface area contributed by atoms with Crippen LogP contribution in [0.5, 0.6) is 23.0 Å². The van der Waals surface area contributed by atoms with Crippen molar-refractivity contribution >= 4 is 29.6 Å². The zero-order chi connectivity index (χ0) is 23.3. The molecule has 0 aromatic heterocycles. The van der Waals surface area contributed by atoms with E-state index in [4.69, 9.17) is 18.9 Å². The summed E-state index contributed by atoms with van der Waals surface area (Å²) in [4.78, 5) is 39.4. The van der Waals surface area contributed by atoms with Gasteiger partial charge in [0, 0.05) is 17.7 Å². The second-order valence-corrected chi connectivity index (χ2v) is 6.56. The first-order chi connectivity index (χ1) is 15.4. The molecule has 1 aliphatic heterocycles. The molecule has 0 radical (unpaired) electrons. The van der Waals surface area contributed by atoms with Gasteiger partial charge in [-0.15, -0.1) is 0 Å². The zero-order valence-electron chi connectivity index (χ0n) is 18.3. The molecule has 4 amide bonds. The highest BCUT2D eigenvalue weighted by molar-refractivity contribution is 6.39. The molecule has 1 N–H and O–H groups in total. The molecular formula is C23H24N2O7. The number of methoxy groups -OCH3 is 2. The lowest BCUT2D eigenvalue weighted by Crippen LogP contribution is -2.54. The van der Waals surface area contributed by atoms with Crippen LogP contribution in [-0.2, 0) is 9.59 Å². The lowest BCUT2D eigenvalue weighted by atomic mass is 10.1. The van der Waals surface area contributed by atoms with Crippen LogP contribution in [0.2, 0.25) is 0 Å². The number of rotatable bonds is 8. The van der Waals surface area contributed by atoms with Gasteiger partial charge in [0.05, 0.1) is 33.1 Å². The summed E-state index contributed by atoms with van der Waals surface area (Å²) in [5.41, 5.74) is 0.395. The summed E-state index contributed by atoms with van der Waals surface area (Å²) in [6.07, 6.45) is 1.36. The number of carbonyl (C=O) groups is 3. The van der Waals surface area contributed by atoms with Gasteiger partial charge in [0.25, 0.3) is 11.8 Å². The van der Waals surface area contributed by atoms with E-state index in [0.717, 1.165) is 4.90 Å². The molecule has 32 heavy (non-hydrogen) atoms. The Morgan fingerprint density at radius 1 is 0.875 bits per heavy atom. The van der Waals surface area contributed by atoms with E-state index in [9.17, 15) is 14.4 Å². The molecule has 9 nitrogen and oxygen atoms in total. The standard InChI is InChI=1S/C23H24N2O7/c1-5-31-16-9-10-19(32-6-2)18(12-16)25-22(27)17(21(26)24-23(25)28)11-14-7-8-15(29-3)13-20(14)30-4/h7-13H,5-6H2,1-4H3,(H,24,26,28)/b17-11+. The first kappa shape index (κ1) is 22.7. The number of carbonyl (C=O) groups excluding carboxylic acids is 3. The first-order valence-corrected chi connectivity index (χ1v) is 9.96. The Labute approximate surface area is 185 Å². The number of anilines is 1. The molecule has 1 fully saturated rings. The number of nitrogens with zero attached hydrogens (tertiary/aromatic N) is 1. The zero-order valence-corrected chi connectivity index (χ0v) is 18.3. The number of hydrogen-bond acceptors (Lipinski definition) is 7. The summed E-state index contributed by atoms with van der Waals surface area (Å²) >= 11 is 0. The molecule has 2 aromatic rings. The highest BCUT2D eigenvalue weighted by atomic mass is 16.5. The lowest BCUT2D eigenvalue weighted by Gasteiger charge is -2.28. The lowest BCUT2D eigenvalue weighted by molar-refractivity contribution is -0.122. The van der Waals surface area contributed by atoms with Crippen LogP contribution in [0.15, 0.2) is 42.0 Å². The van der Waals surface area contributed by atoms with Crippen LogP contribution in [-0.4, -0.2) is 45.3 Å². The van der Waals surface area contributed by atoms with E-state index < -0.39 is 17.8 Å². The largest absolute Gasteiger partial charge is 0.497 e. The van der Waals surface area contributed by atoms with Crippen LogP contribution in [0.4, 0.5) is 10.5 Å². The molecule has 1 heterocycles. The minimum atomic E-state index is -0.881. The summed E-state index contributed by atoms with van der Waals surface area (Å²) in [7, 11) is 2.98. The number of urea groups is 1. The Morgan fingerprint density at radius 3 is 2.25 bits per heavy atom. The van der Waals surface area contributed by atoms with Gasteiger partial charge < -0.3 is 18.9 Å². The molecule has 0 aliphatic carbocycles. The fourth-order valence-corrected chi connectivity index (χ4v) is 3.18. The Hall–Kier alpha value is -4.01. The van der Waals surface area contributed by atoms with Gasteiger partial charge in [-0.05, 0) is 44.2 Å². The van der Waals surface area contributed by atoms with E-state index in [1.807, 2.05) is 6.92 Å². The van der Waals surface area contributed by atoms with Crippen molar-refractivity contribution in [3.63, 3.8) is 0 Å². The molecule has 1 aliphatic rings. The second kappa shape index (κ2) is 9.86. The van der Waals surface area contributed by atoms with Gasteiger partial charge in [0.15, 0.2) is 0 Å². The topological polar surface area (TPSA) is 103 Å². The highest BCUT2D eigenvalue weighted by Crippen LogP contribution is 2.35. The average Bonchev–Trinajstić information content (AvgIpc) is 2.78. The van der Waals surface area contributed by atoms with Gasteiger partial charge in [-0.25, -0.2) is 9.69 Å². The molecule has 2 aromatic carbocycles. The van der Waals surface area contributed by atoms with Gasteiger partial charge in [0.1, 0.15) is 28.6 Å². The second-order valence-electron chi connectivity index (χ2n) is 6.56. The quantitative estimate of drug-likeness (QED) is 0.497. The van der Waals surface area contributed by atoms with E-state index in [1.165, 1.54) is 26.4 Å². The number of barbiturate groups is 1. The summed E-state index contributed by atoms with van der Waals surface area (Å²) in [6.45, 7) is 4.31. The van der Waals surface area contributed by atoms with Crippen molar-refractivity contribution in [3.8, 4) is 23.0 Å². The smallest absolute Gasteiger partial charge is 0.336 e. The molecule has 3 rings (SSSR count). The SMILES string of the molecule is CCOc1ccc(OCC)c(N2C(=O)NC(=O)/C(=C\c3ccc(OC)cc3OC)C2=O)c1. The van der Waals surface area contributed by atoms with Gasteiger partial charge in [0.2, 0.25) is 0 Å². The van der Waals surface area contributed by atoms with Crippen LogP contribution in [0.1, 0.15) is 19.4 Å². The normalized spacial score (nSPS) is 14.9. The minimum Gasteiger partial charge on any atom is -0.497 e. The van der Waals surface area contributed by atoms with Crippen molar-refractivity contribution in [1.82, 2.24) is 5.32 Å². The number of imide groups is 2. The van der Waals surface area contributed by atoms with Crippen LogP contribution < -0.4 is 29.2 Å². The monoisotopic (exact) mass is 440 g/mol. The molecule has 168 valence electrons. The molecule has 0 saturated carbocycles. The predicted molar refractivity (Wildman–Crippen MR) is 117 cm³/mol. The van der Waals surface area contributed by atoms with E-state index in [0.29, 0.717) is 41.8 Å². The third-order valence-electron chi connectivity index (χ3n) is 4.62. The molecule has 1 saturated heterocycles. The predicted octanol–water partition coefficient (Wildman–Crippen LogP) is 3.17. The minimum absolute atomic E-state index is 0.167. The Bertz CT molecular complexity index is 1080. The molecule has 0 spiro atoms. The summed E-state index contributed by atoms with van der Waals surface area (Å²) in [5, 5.41) is 2.21. The van der Waals surface area contributed by atoms with Gasteiger partial charge in [-0.1, -0.05) is 0 Å². The summed E-state index contributed by atoms with van der Waals surface area (Å²) in [6, 6.07) is 8.86. The number of amides is 4. The third-order valence-corrected chi connectivity index (χ3v) is 4.62. The Kier molecular flexibility index (Phi) is 6.99. The van der Waals surface area contributed by atoms with E-state index in [2.05, 4.69) is 5.32 Å². The average molecular weight is 440 g/mol. The fourth-order valence-electron chi connectivity index (χ4n) is 3.18. The summed E-state index contributed by atoms with van der Waals surface area (Å²) < 4.78 is 21.6. The summed E-state index contributed by atoms with van der Waals surface area (Å²) in [5.74, 6) is 0.0869. The van der Waals surface area contributed by atoms with Crippen LogP contribution >= 0.6 is 0 Å². The van der Waals surface area contributed by atoms with E-state index >= 15 is 0 Å². The van der Waals surface area contributed by atoms with Crippen LogP contribution in [0.3, 0.4) is 0 Å². The van der Waals surface area contributed by atoms with Gasteiger partial charge in [-0.2, -0.15) is 0 Å². The van der Waals surface area contributed by atoms with Crippen molar-refractivity contribution in [2.75, 3.05) is 32.3 Å². The highest BCUT2D eigenvalue weighted by Gasteiger charge is 2.38. The van der Waals surface area contributed by atoms with Crippen LogP contribution in [0.25, 0.3) is 6.08 Å². The fraction of sp³-hybridized carbons (Fsp3) is 0.261. The first-order valence-electron chi connectivity index (χ1n) is 9.96. The van der Waals surface area contributed by atoms with Crippen molar-refractivity contribution in [3.05, 3.63) is 47.5 Å². The van der Waals surface area contributed by atoms with Crippen molar-refractivity contribution < 1.29 is 33.3 Å². The molecule has 0 unspecified atom stereocenters. The molecular weight excluding hydrogens is 416 g/mol. The third kappa shape index (κ3) is 4.51. The van der Waals surface area contributed by atoms with Crippen LogP contribution in [0, 0.1) is 0 Å². The molecule has 0 bridgehead atoms. The number of hydrogen-bond donors (Lipinski definition) is 1. The maximum atomic E-state index is 13.3. The molecule has 9 heteroatoms. The van der Waals surface area contributed by atoms with Crippen molar-refractivity contribution in [1.29, 1.82) is 0 Å². The Balaban J connectivity index is 2.08. The maximum Gasteiger partial charge on any atom is 0.336 e. The number of nitrogens with one attached hydrogen (secondary N) is 1.